The van der Waals surface area contributed by atoms with Gasteiger partial charge in [0.05, 0.1) is 22.3 Å². The molecule has 6 heteroatoms. The molecule has 0 saturated heterocycles. The zero-order valence-corrected chi connectivity index (χ0v) is 13.0. The minimum Gasteiger partial charge on any atom is -0.496 e. The van der Waals surface area contributed by atoms with Crippen molar-refractivity contribution in [2.75, 3.05) is 18.2 Å². The lowest BCUT2D eigenvalue weighted by Crippen LogP contribution is -2.12. The summed E-state index contributed by atoms with van der Waals surface area (Å²) in [5.41, 5.74) is 7.20. The first kappa shape index (κ1) is 14.7. The van der Waals surface area contributed by atoms with Crippen molar-refractivity contribution >= 4 is 44.8 Å². The lowest BCUT2D eigenvalue weighted by atomic mass is 10.2. The molecule has 2 aromatic carbocycles. The Morgan fingerprint density at radius 3 is 2.65 bits per heavy atom. The monoisotopic (exact) mass is 354 g/mol. The number of halogens is 2. The van der Waals surface area contributed by atoms with E-state index in [1.54, 1.807) is 43.5 Å². The molecule has 0 aliphatic rings. The molecule has 4 nitrogen and oxygen atoms in total. The predicted molar refractivity (Wildman–Crippen MR) is 84.5 cm³/mol. The quantitative estimate of drug-likeness (QED) is 0.820. The summed E-state index contributed by atoms with van der Waals surface area (Å²) in [6, 6.07) is 10.0. The van der Waals surface area contributed by atoms with Gasteiger partial charge in [0, 0.05) is 11.3 Å². The maximum Gasteiger partial charge on any atom is 0.255 e. The van der Waals surface area contributed by atoms with Gasteiger partial charge in [-0.05, 0) is 52.3 Å². The molecule has 20 heavy (non-hydrogen) atoms. The lowest BCUT2D eigenvalue weighted by Gasteiger charge is -2.08. The van der Waals surface area contributed by atoms with Crippen LogP contribution in [0.2, 0.25) is 5.02 Å². The molecule has 0 atom stereocenters. The number of carbonyl (C=O) groups is 1. The van der Waals surface area contributed by atoms with Crippen molar-refractivity contribution < 1.29 is 9.53 Å². The van der Waals surface area contributed by atoms with Gasteiger partial charge in [0.15, 0.2) is 0 Å². The number of nitrogens with two attached hydrogens (primary N) is 1. The summed E-state index contributed by atoms with van der Waals surface area (Å²) in [7, 11) is 1.57. The van der Waals surface area contributed by atoms with Gasteiger partial charge >= 0.3 is 0 Å². The Balaban J connectivity index is 2.19. The summed E-state index contributed by atoms with van der Waals surface area (Å²) >= 11 is 9.17. The molecule has 0 heterocycles. The van der Waals surface area contributed by atoms with Crippen LogP contribution in [0.3, 0.4) is 0 Å². The number of rotatable bonds is 3. The molecule has 0 fully saturated rings. The SMILES string of the molecule is COc1ccc(C(=O)Nc2ccc(Cl)c(N)c2)cc1Br. The Kier molecular flexibility index (Phi) is 4.52. The van der Waals surface area contributed by atoms with Gasteiger partial charge in [-0.1, -0.05) is 11.6 Å². The van der Waals surface area contributed by atoms with Gasteiger partial charge in [-0.3, -0.25) is 4.79 Å². The van der Waals surface area contributed by atoms with Crippen LogP contribution in [0.5, 0.6) is 5.75 Å². The summed E-state index contributed by atoms with van der Waals surface area (Å²) in [6.07, 6.45) is 0. The van der Waals surface area contributed by atoms with E-state index in [4.69, 9.17) is 22.1 Å². The molecule has 2 rings (SSSR count). The highest BCUT2D eigenvalue weighted by atomic mass is 79.9. The van der Waals surface area contributed by atoms with E-state index in [2.05, 4.69) is 21.2 Å². The molecule has 0 aliphatic heterocycles. The van der Waals surface area contributed by atoms with Gasteiger partial charge in [-0.15, -0.1) is 0 Å². The maximum atomic E-state index is 12.1. The second-order valence-electron chi connectivity index (χ2n) is 4.04. The lowest BCUT2D eigenvalue weighted by molar-refractivity contribution is 0.102. The van der Waals surface area contributed by atoms with Gasteiger partial charge in [0.25, 0.3) is 5.91 Å². The molecular formula is C14H12BrClN2O2. The molecule has 0 spiro atoms. The third-order valence-corrected chi connectivity index (χ3v) is 3.63. The van der Waals surface area contributed by atoms with Crippen LogP contribution >= 0.6 is 27.5 Å². The molecule has 3 N–H and O–H groups in total. The van der Waals surface area contributed by atoms with E-state index in [1.807, 2.05) is 0 Å². The molecule has 0 saturated carbocycles. The Labute approximate surface area is 130 Å². The number of methoxy groups -OCH3 is 1. The van der Waals surface area contributed by atoms with Gasteiger partial charge in [-0.2, -0.15) is 0 Å². The molecule has 0 aliphatic carbocycles. The van der Waals surface area contributed by atoms with E-state index in [-0.39, 0.29) is 5.91 Å². The average Bonchev–Trinajstić information content (AvgIpc) is 2.42. The van der Waals surface area contributed by atoms with Crippen LogP contribution in [0.4, 0.5) is 11.4 Å². The smallest absolute Gasteiger partial charge is 0.255 e. The van der Waals surface area contributed by atoms with Crippen LogP contribution in [-0.4, -0.2) is 13.0 Å². The van der Waals surface area contributed by atoms with Crippen LogP contribution in [0.25, 0.3) is 0 Å². The van der Waals surface area contributed by atoms with Crippen LogP contribution in [-0.2, 0) is 0 Å². The summed E-state index contributed by atoms with van der Waals surface area (Å²) in [5, 5.41) is 3.21. The van der Waals surface area contributed by atoms with Crippen molar-refractivity contribution in [2.45, 2.75) is 0 Å². The van der Waals surface area contributed by atoms with Crippen molar-refractivity contribution in [3.8, 4) is 5.75 Å². The second-order valence-corrected chi connectivity index (χ2v) is 5.30. The summed E-state index contributed by atoms with van der Waals surface area (Å²) in [4.78, 5) is 12.1. The van der Waals surface area contributed by atoms with Crippen LogP contribution in [0.1, 0.15) is 10.4 Å². The second kappa shape index (κ2) is 6.15. The highest BCUT2D eigenvalue weighted by molar-refractivity contribution is 9.10. The summed E-state index contributed by atoms with van der Waals surface area (Å²) in [5.74, 6) is 0.423. The minimum absolute atomic E-state index is 0.241. The molecule has 104 valence electrons. The van der Waals surface area contributed by atoms with Gasteiger partial charge < -0.3 is 15.8 Å². The van der Waals surface area contributed by atoms with Crippen LogP contribution < -0.4 is 15.8 Å². The normalized spacial score (nSPS) is 10.2. The standard InChI is InChI=1S/C14H12BrClN2O2/c1-20-13-5-2-8(6-10(13)15)14(19)18-9-3-4-11(16)12(17)7-9/h2-7H,17H2,1H3,(H,18,19). The largest absolute Gasteiger partial charge is 0.496 e. The summed E-state index contributed by atoms with van der Waals surface area (Å²) < 4.78 is 5.83. The number of hydrogen-bond acceptors (Lipinski definition) is 3. The Bertz CT molecular complexity index is 662. The van der Waals surface area contributed by atoms with E-state index in [1.165, 1.54) is 0 Å². The number of amides is 1. The highest BCUT2D eigenvalue weighted by Gasteiger charge is 2.09. The number of benzene rings is 2. The molecule has 0 radical (unpaired) electrons. The molecule has 1 amide bonds. The number of hydrogen-bond donors (Lipinski definition) is 2. The third-order valence-electron chi connectivity index (χ3n) is 2.67. The van der Waals surface area contributed by atoms with Gasteiger partial charge in [0.2, 0.25) is 0 Å². The average molecular weight is 356 g/mol. The molecule has 2 aromatic rings. The van der Waals surface area contributed by atoms with Crippen molar-refractivity contribution in [3.63, 3.8) is 0 Å². The molecule has 0 unspecified atom stereocenters. The van der Waals surface area contributed by atoms with E-state index in [9.17, 15) is 4.79 Å². The van der Waals surface area contributed by atoms with Crippen molar-refractivity contribution in [3.05, 3.63) is 51.5 Å². The van der Waals surface area contributed by atoms with E-state index in [0.29, 0.717) is 32.2 Å². The fourth-order valence-corrected chi connectivity index (χ4v) is 2.29. The Morgan fingerprint density at radius 1 is 1.30 bits per heavy atom. The Hall–Kier alpha value is -1.72. The fraction of sp³-hybridized carbons (Fsp3) is 0.0714. The van der Waals surface area contributed by atoms with E-state index < -0.39 is 0 Å². The molecule has 0 bridgehead atoms. The molecule has 0 aromatic heterocycles. The maximum absolute atomic E-state index is 12.1. The third kappa shape index (κ3) is 3.23. The number of nitrogen functional groups attached to an aromatic ring is 1. The first-order chi connectivity index (χ1) is 9.51. The van der Waals surface area contributed by atoms with Gasteiger partial charge in [0.1, 0.15) is 5.75 Å². The van der Waals surface area contributed by atoms with E-state index in [0.717, 1.165) is 0 Å². The highest BCUT2D eigenvalue weighted by Crippen LogP contribution is 2.26. The van der Waals surface area contributed by atoms with Gasteiger partial charge in [-0.25, -0.2) is 0 Å². The van der Waals surface area contributed by atoms with E-state index >= 15 is 0 Å². The fourth-order valence-electron chi connectivity index (χ4n) is 1.63. The first-order valence-corrected chi connectivity index (χ1v) is 6.88. The number of carbonyl (C=O) groups excluding carboxylic acids is 1. The van der Waals surface area contributed by atoms with Crippen molar-refractivity contribution in [1.29, 1.82) is 0 Å². The van der Waals surface area contributed by atoms with Crippen molar-refractivity contribution in [2.24, 2.45) is 0 Å². The zero-order valence-electron chi connectivity index (χ0n) is 10.6. The minimum atomic E-state index is -0.241. The van der Waals surface area contributed by atoms with Crippen molar-refractivity contribution in [1.82, 2.24) is 0 Å². The number of nitrogens with one attached hydrogen (secondary N) is 1. The number of ether oxygens (including phenoxy) is 1. The molecular weight excluding hydrogens is 344 g/mol. The summed E-state index contributed by atoms with van der Waals surface area (Å²) in [6.45, 7) is 0. The topological polar surface area (TPSA) is 64.3 Å². The Morgan fingerprint density at radius 2 is 2.05 bits per heavy atom. The first-order valence-electron chi connectivity index (χ1n) is 5.71. The van der Waals surface area contributed by atoms with Crippen LogP contribution in [0, 0.1) is 0 Å². The zero-order chi connectivity index (χ0) is 14.7. The number of anilines is 2. The predicted octanol–water partition coefficient (Wildman–Crippen LogP) is 3.95. The van der Waals surface area contributed by atoms with Crippen LogP contribution in [0.15, 0.2) is 40.9 Å².